The summed E-state index contributed by atoms with van der Waals surface area (Å²) in [6.07, 6.45) is 0. The van der Waals surface area contributed by atoms with E-state index in [1.54, 1.807) is 54.5 Å². The number of amides is 1. The molecule has 2 unspecified atom stereocenters. The van der Waals surface area contributed by atoms with Crippen LogP contribution in [0.2, 0.25) is 0 Å². The van der Waals surface area contributed by atoms with Gasteiger partial charge in [-0.15, -0.1) is 0 Å². The van der Waals surface area contributed by atoms with E-state index in [1.807, 2.05) is 0 Å². The van der Waals surface area contributed by atoms with E-state index in [9.17, 15) is 18.8 Å². The molecule has 1 aliphatic rings. The molecule has 1 amide bonds. The zero-order valence-electron chi connectivity index (χ0n) is 20.5. The number of carbonyl (C=O) groups excluding carboxylic acids is 3. The maximum absolute atomic E-state index is 14.9. The quantitative estimate of drug-likeness (QED) is 0.649. The lowest BCUT2D eigenvalue weighted by molar-refractivity contribution is -0.159. The number of nitrogens with one attached hydrogen (secondary N) is 1. The fourth-order valence-corrected chi connectivity index (χ4v) is 3.91. The first kappa shape index (κ1) is 26.2. The molecule has 33 heavy (non-hydrogen) atoms. The van der Waals surface area contributed by atoms with Crippen LogP contribution in [0.15, 0.2) is 40.5 Å². The molecular weight excluding hydrogens is 427 g/mol. The van der Waals surface area contributed by atoms with Gasteiger partial charge in [0.2, 0.25) is 5.91 Å². The number of benzene rings is 1. The maximum Gasteiger partial charge on any atom is 0.329 e. The van der Waals surface area contributed by atoms with E-state index in [2.05, 4.69) is 10.3 Å². The molecule has 0 aliphatic carbocycles. The molecule has 0 fully saturated rings. The van der Waals surface area contributed by atoms with Gasteiger partial charge in [0.25, 0.3) is 0 Å². The minimum Gasteiger partial charge on any atom is -0.468 e. The third-order valence-corrected chi connectivity index (χ3v) is 5.38. The summed E-state index contributed by atoms with van der Waals surface area (Å²) in [5.74, 6) is -4.62. The van der Waals surface area contributed by atoms with E-state index >= 15 is 0 Å². The third kappa shape index (κ3) is 6.06. The summed E-state index contributed by atoms with van der Waals surface area (Å²) in [4.78, 5) is 43.4. The van der Waals surface area contributed by atoms with Crippen molar-refractivity contribution in [3.05, 3.63) is 46.9 Å². The molecule has 2 rings (SSSR count). The second-order valence-corrected chi connectivity index (χ2v) is 9.48. The van der Waals surface area contributed by atoms with Crippen LogP contribution in [0.3, 0.4) is 0 Å². The fourth-order valence-electron chi connectivity index (χ4n) is 3.91. The van der Waals surface area contributed by atoms with Gasteiger partial charge in [-0.3, -0.25) is 14.6 Å². The molecule has 1 aromatic rings. The van der Waals surface area contributed by atoms with Crippen molar-refractivity contribution in [1.29, 1.82) is 0 Å². The van der Waals surface area contributed by atoms with Gasteiger partial charge in [-0.05, 0) is 52.2 Å². The zero-order chi connectivity index (χ0) is 25.1. The van der Waals surface area contributed by atoms with Crippen molar-refractivity contribution < 1.29 is 28.2 Å². The second kappa shape index (κ2) is 10.3. The van der Waals surface area contributed by atoms with Gasteiger partial charge < -0.3 is 14.8 Å². The number of esters is 2. The van der Waals surface area contributed by atoms with Crippen LogP contribution in [0.25, 0.3) is 0 Å². The summed E-state index contributed by atoms with van der Waals surface area (Å²) in [5, 5.41) is 2.74. The lowest BCUT2D eigenvalue weighted by Gasteiger charge is -2.33. The Morgan fingerprint density at radius 1 is 1.12 bits per heavy atom. The lowest BCUT2D eigenvalue weighted by Crippen LogP contribution is -2.49. The number of ether oxygens (including phenoxy) is 2. The zero-order valence-corrected chi connectivity index (χ0v) is 20.5. The second-order valence-electron chi connectivity index (χ2n) is 9.48. The highest BCUT2D eigenvalue weighted by atomic mass is 19.1. The highest BCUT2D eigenvalue weighted by Crippen LogP contribution is 2.40. The first-order chi connectivity index (χ1) is 15.3. The molecule has 8 heteroatoms. The van der Waals surface area contributed by atoms with Gasteiger partial charge in [0.05, 0.1) is 7.11 Å². The average molecular weight is 461 g/mol. The Hall–Kier alpha value is -3.03. The molecule has 0 saturated carbocycles. The van der Waals surface area contributed by atoms with Crippen molar-refractivity contribution in [2.24, 2.45) is 16.8 Å². The minimum atomic E-state index is -0.990. The molecule has 0 radical (unpaired) electrons. The molecule has 0 bridgehead atoms. The van der Waals surface area contributed by atoms with Crippen molar-refractivity contribution >= 4 is 23.6 Å². The summed E-state index contributed by atoms with van der Waals surface area (Å²) >= 11 is 0. The number of hydrogen-bond donors (Lipinski definition) is 1. The number of rotatable bonds is 6. The average Bonchev–Trinajstić information content (AvgIpc) is 2.69. The molecule has 1 aliphatic heterocycles. The van der Waals surface area contributed by atoms with Crippen LogP contribution in [-0.4, -0.2) is 42.3 Å². The molecule has 7 nitrogen and oxygen atoms in total. The van der Waals surface area contributed by atoms with Crippen LogP contribution in [0, 0.1) is 17.7 Å². The Bertz CT molecular complexity index is 991. The van der Waals surface area contributed by atoms with Crippen molar-refractivity contribution in [1.82, 2.24) is 5.32 Å². The van der Waals surface area contributed by atoms with Crippen LogP contribution in [0.4, 0.5) is 4.39 Å². The maximum atomic E-state index is 14.9. The Labute approximate surface area is 194 Å². The molecule has 180 valence electrons. The minimum absolute atomic E-state index is 0.107. The summed E-state index contributed by atoms with van der Waals surface area (Å²) in [5.41, 5.74) is 0.296. The Kier molecular flexibility index (Phi) is 8.16. The SMILES string of the molecule is COC(=O)C1C(C)=NC(C)=C(C(=O)N[C@H](C(=O)OC(C)(C)C)C(C)C)C1c1ccccc1F. The van der Waals surface area contributed by atoms with Crippen LogP contribution in [0.1, 0.15) is 59.9 Å². The molecule has 0 saturated heterocycles. The van der Waals surface area contributed by atoms with Gasteiger partial charge in [-0.2, -0.15) is 0 Å². The summed E-state index contributed by atoms with van der Waals surface area (Å²) in [6.45, 7) is 12.1. The molecule has 3 atom stereocenters. The third-order valence-electron chi connectivity index (χ3n) is 5.38. The van der Waals surface area contributed by atoms with Crippen molar-refractivity contribution in [2.75, 3.05) is 7.11 Å². The van der Waals surface area contributed by atoms with E-state index in [-0.39, 0.29) is 17.1 Å². The van der Waals surface area contributed by atoms with Gasteiger partial charge in [-0.25, -0.2) is 9.18 Å². The van der Waals surface area contributed by atoms with Gasteiger partial charge in [0.1, 0.15) is 23.4 Å². The van der Waals surface area contributed by atoms with Crippen molar-refractivity contribution in [3.8, 4) is 0 Å². The van der Waals surface area contributed by atoms with Crippen LogP contribution in [0.5, 0.6) is 0 Å². The standard InChI is InChI=1S/C25H33FN2O5/c1-13(2)21(24(31)33-25(5,6)7)28-22(29)18-14(3)27-15(4)19(23(30)32-8)20(18)16-11-9-10-12-17(16)26/h9-13,19-21H,1-8H3,(H,28,29)/t19?,20?,21-/m0/s1. The predicted molar refractivity (Wildman–Crippen MR) is 123 cm³/mol. The van der Waals surface area contributed by atoms with E-state index in [0.717, 1.165) is 0 Å². The first-order valence-corrected chi connectivity index (χ1v) is 10.9. The summed E-state index contributed by atoms with van der Waals surface area (Å²) < 4.78 is 25.3. The van der Waals surface area contributed by atoms with Gasteiger partial charge >= 0.3 is 11.9 Å². The molecule has 1 aromatic carbocycles. The van der Waals surface area contributed by atoms with E-state index in [0.29, 0.717) is 11.4 Å². The predicted octanol–water partition coefficient (Wildman–Crippen LogP) is 3.93. The molecule has 1 heterocycles. The number of aliphatic imine (C=N–C) groups is 1. The normalized spacial score (nSPS) is 19.6. The highest BCUT2D eigenvalue weighted by Gasteiger charge is 2.43. The lowest BCUT2D eigenvalue weighted by atomic mass is 9.75. The van der Waals surface area contributed by atoms with Gasteiger partial charge in [0, 0.05) is 22.9 Å². The first-order valence-electron chi connectivity index (χ1n) is 10.9. The van der Waals surface area contributed by atoms with E-state index < -0.39 is 47.1 Å². The number of hydrogen-bond acceptors (Lipinski definition) is 6. The summed E-state index contributed by atoms with van der Waals surface area (Å²) in [6, 6.07) is 5.03. The van der Waals surface area contributed by atoms with Crippen molar-refractivity contribution in [3.63, 3.8) is 0 Å². The van der Waals surface area contributed by atoms with Gasteiger partial charge in [0.15, 0.2) is 0 Å². The molecule has 0 aromatic heterocycles. The molecular formula is C25H33FN2O5. The number of carbonyl (C=O) groups is 3. The van der Waals surface area contributed by atoms with Crippen LogP contribution in [-0.2, 0) is 23.9 Å². The van der Waals surface area contributed by atoms with E-state index in [1.165, 1.54) is 25.3 Å². The number of methoxy groups -OCH3 is 1. The Morgan fingerprint density at radius 2 is 1.73 bits per heavy atom. The largest absolute Gasteiger partial charge is 0.468 e. The molecule has 0 spiro atoms. The van der Waals surface area contributed by atoms with Gasteiger partial charge in [-0.1, -0.05) is 32.0 Å². The topological polar surface area (TPSA) is 94.1 Å². The number of halogens is 1. The Morgan fingerprint density at radius 3 is 2.24 bits per heavy atom. The number of allylic oxidation sites excluding steroid dienone is 1. The molecule has 1 N–H and O–H groups in total. The monoisotopic (exact) mass is 460 g/mol. The smallest absolute Gasteiger partial charge is 0.329 e. The van der Waals surface area contributed by atoms with E-state index in [4.69, 9.17) is 9.47 Å². The highest BCUT2D eigenvalue weighted by molar-refractivity contribution is 6.08. The Balaban J connectivity index is 2.56. The summed E-state index contributed by atoms with van der Waals surface area (Å²) in [7, 11) is 1.23. The fraction of sp³-hybridized carbons (Fsp3) is 0.520. The number of nitrogens with zero attached hydrogens (tertiary/aromatic N) is 1. The van der Waals surface area contributed by atoms with Crippen molar-refractivity contribution in [2.45, 2.75) is 66.0 Å². The van der Waals surface area contributed by atoms with Crippen LogP contribution < -0.4 is 5.32 Å². The van der Waals surface area contributed by atoms with Crippen LogP contribution >= 0.6 is 0 Å².